The third-order valence-corrected chi connectivity index (χ3v) is 2.62. The largest absolute Gasteiger partial charge is 0.507 e. The first kappa shape index (κ1) is 11.5. The highest BCUT2D eigenvalue weighted by Crippen LogP contribution is 2.33. The molecule has 0 saturated carbocycles. The van der Waals surface area contributed by atoms with Gasteiger partial charge in [-0.2, -0.15) is 0 Å². The number of phenols is 1. The highest BCUT2D eigenvalue weighted by Gasteiger charge is 2.11. The van der Waals surface area contributed by atoms with Crippen molar-refractivity contribution in [3.05, 3.63) is 47.8 Å². The van der Waals surface area contributed by atoms with E-state index in [4.69, 9.17) is 4.74 Å². The Hall–Kier alpha value is -2.03. The molecular formula is C14H13FO2. The molecule has 0 radical (unpaired) electrons. The van der Waals surface area contributed by atoms with Crippen LogP contribution >= 0.6 is 0 Å². The number of aromatic hydroxyl groups is 1. The van der Waals surface area contributed by atoms with Gasteiger partial charge in [-0.1, -0.05) is 11.6 Å². The van der Waals surface area contributed by atoms with Crippen molar-refractivity contribution in [3.63, 3.8) is 0 Å². The zero-order valence-electron chi connectivity index (χ0n) is 9.70. The molecule has 0 spiro atoms. The van der Waals surface area contributed by atoms with Crippen molar-refractivity contribution in [3.8, 4) is 22.6 Å². The summed E-state index contributed by atoms with van der Waals surface area (Å²) in [7, 11) is 1.52. The quantitative estimate of drug-likeness (QED) is 0.858. The smallest absolute Gasteiger partial charge is 0.131 e. The number of hydrogen-bond donors (Lipinski definition) is 1. The van der Waals surface area contributed by atoms with Crippen LogP contribution in [0.25, 0.3) is 11.1 Å². The van der Waals surface area contributed by atoms with Gasteiger partial charge < -0.3 is 9.84 Å². The number of phenolic OH excluding ortho intramolecular Hbond substituents is 1. The summed E-state index contributed by atoms with van der Waals surface area (Å²) in [6, 6.07) is 9.53. The summed E-state index contributed by atoms with van der Waals surface area (Å²) in [4.78, 5) is 0. The Kier molecular flexibility index (Phi) is 3.00. The Morgan fingerprint density at radius 3 is 2.53 bits per heavy atom. The van der Waals surface area contributed by atoms with E-state index in [1.807, 2.05) is 6.92 Å². The monoisotopic (exact) mass is 232 g/mol. The molecule has 1 N–H and O–H groups in total. The third kappa shape index (κ3) is 2.23. The second kappa shape index (κ2) is 4.45. The van der Waals surface area contributed by atoms with Gasteiger partial charge in [0.15, 0.2) is 0 Å². The number of ether oxygens (including phenoxy) is 1. The summed E-state index contributed by atoms with van der Waals surface area (Å²) >= 11 is 0. The highest BCUT2D eigenvalue weighted by molar-refractivity contribution is 5.72. The van der Waals surface area contributed by atoms with Crippen LogP contribution in [0.4, 0.5) is 4.39 Å². The van der Waals surface area contributed by atoms with Gasteiger partial charge in [0.1, 0.15) is 17.3 Å². The summed E-state index contributed by atoms with van der Waals surface area (Å²) in [6.45, 7) is 1.89. The van der Waals surface area contributed by atoms with Gasteiger partial charge in [-0.3, -0.25) is 0 Å². The average molecular weight is 232 g/mol. The van der Waals surface area contributed by atoms with Crippen LogP contribution in [0.1, 0.15) is 5.56 Å². The molecule has 0 aliphatic heterocycles. The molecule has 0 aliphatic rings. The summed E-state index contributed by atoms with van der Waals surface area (Å²) in [5.41, 5.74) is 1.77. The molecule has 0 aromatic heterocycles. The molecule has 0 saturated heterocycles. The molecule has 0 bridgehead atoms. The minimum Gasteiger partial charge on any atom is -0.507 e. The van der Waals surface area contributed by atoms with E-state index >= 15 is 0 Å². The first-order valence-corrected chi connectivity index (χ1v) is 5.25. The van der Waals surface area contributed by atoms with Crippen molar-refractivity contribution in [2.45, 2.75) is 6.92 Å². The van der Waals surface area contributed by atoms with Gasteiger partial charge in [0.05, 0.1) is 7.11 Å². The lowest BCUT2D eigenvalue weighted by molar-refractivity contribution is 0.414. The van der Waals surface area contributed by atoms with Crippen molar-refractivity contribution < 1.29 is 14.2 Å². The van der Waals surface area contributed by atoms with Crippen LogP contribution < -0.4 is 4.74 Å². The fourth-order valence-electron chi connectivity index (χ4n) is 1.70. The molecule has 0 unspecified atom stereocenters. The van der Waals surface area contributed by atoms with Gasteiger partial charge in [0.2, 0.25) is 0 Å². The van der Waals surface area contributed by atoms with E-state index in [1.54, 1.807) is 30.3 Å². The summed E-state index contributed by atoms with van der Waals surface area (Å²) in [6.07, 6.45) is 0. The van der Waals surface area contributed by atoms with Gasteiger partial charge in [-0.05, 0) is 37.3 Å². The van der Waals surface area contributed by atoms with Crippen LogP contribution in [0.3, 0.4) is 0 Å². The molecule has 2 rings (SSSR count). The normalized spacial score (nSPS) is 10.3. The van der Waals surface area contributed by atoms with E-state index in [2.05, 4.69) is 0 Å². The fraction of sp³-hybridized carbons (Fsp3) is 0.143. The van der Waals surface area contributed by atoms with Gasteiger partial charge in [0.25, 0.3) is 0 Å². The Morgan fingerprint density at radius 1 is 1.06 bits per heavy atom. The molecule has 0 atom stereocenters. The molecular weight excluding hydrogens is 219 g/mol. The summed E-state index contributed by atoms with van der Waals surface area (Å²) < 4.78 is 18.8. The Bertz CT molecular complexity index is 550. The van der Waals surface area contributed by atoms with Crippen molar-refractivity contribution >= 4 is 0 Å². The van der Waals surface area contributed by atoms with E-state index in [9.17, 15) is 9.50 Å². The SMILES string of the molecule is COc1ccc(F)c(-c2cc(C)ccc2O)c1. The fourth-order valence-corrected chi connectivity index (χ4v) is 1.70. The maximum atomic E-state index is 13.7. The number of halogens is 1. The molecule has 17 heavy (non-hydrogen) atoms. The second-order valence-corrected chi connectivity index (χ2v) is 3.87. The number of hydrogen-bond acceptors (Lipinski definition) is 2. The van der Waals surface area contributed by atoms with Gasteiger partial charge in [-0.15, -0.1) is 0 Å². The van der Waals surface area contributed by atoms with Gasteiger partial charge >= 0.3 is 0 Å². The van der Waals surface area contributed by atoms with E-state index in [0.717, 1.165) is 5.56 Å². The van der Waals surface area contributed by atoms with Crippen LogP contribution in [-0.4, -0.2) is 12.2 Å². The third-order valence-electron chi connectivity index (χ3n) is 2.62. The second-order valence-electron chi connectivity index (χ2n) is 3.87. The van der Waals surface area contributed by atoms with Crippen molar-refractivity contribution in [2.75, 3.05) is 7.11 Å². The molecule has 2 nitrogen and oxygen atoms in total. The van der Waals surface area contributed by atoms with Gasteiger partial charge in [0, 0.05) is 11.1 Å². The maximum absolute atomic E-state index is 13.7. The number of benzene rings is 2. The predicted octanol–water partition coefficient (Wildman–Crippen LogP) is 3.52. The average Bonchev–Trinajstić information content (AvgIpc) is 2.33. The van der Waals surface area contributed by atoms with Crippen molar-refractivity contribution in [1.29, 1.82) is 0 Å². The molecule has 2 aromatic rings. The lowest BCUT2D eigenvalue weighted by Gasteiger charge is -2.09. The summed E-state index contributed by atoms with van der Waals surface area (Å²) in [5, 5.41) is 9.77. The zero-order valence-corrected chi connectivity index (χ0v) is 9.70. The van der Waals surface area contributed by atoms with Crippen molar-refractivity contribution in [2.24, 2.45) is 0 Å². The highest BCUT2D eigenvalue weighted by atomic mass is 19.1. The standard InChI is InChI=1S/C14H13FO2/c1-9-3-6-14(16)12(7-9)11-8-10(17-2)4-5-13(11)15/h3-8,16H,1-2H3. The Labute approximate surface area is 99.3 Å². The van der Waals surface area contributed by atoms with Crippen LogP contribution in [0.2, 0.25) is 0 Å². The van der Waals surface area contributed by atoms with E-state index in [1.165, 1.54) is 13.2 Å². The molecule has 0 heterocycles. The molecule has 88 valence electrons. The zero-order chi connectivity index (χ0) is 12.4. The van der Waals surface area contributed by atoms with E-state index in [0.29, 0.717) is 16.9 Å². The molecule has 0 aliphatic carbocycles. The summed E-state index contributed by atoms with van der Waals surface area (Å²) in [5.74, 6) is 0.233. The number of aryl methyl sites for hydroxylation is 1. The van der Waals surface area contributed by atoms with Crippen LogP contribution in [0.5, 0.6) is 11.5 Å². The minimum absolute atomic E-state index is 0.0581. The van der Waals surface area contributed by atoms with Crippen LogP contribution in [-0.2, 0) is 0 Å². The first-order chi connectivity index (χ1) is 8.11. The first-order valence-electron chi connectivity index (χ1n) is 5.25. The van der Waals surface area contributed by atoms with Crippen LogP contribution in [0, 0.1) is 12.7 Å². The lowest BCUT2D eigenvalue weighted by Crippen LogP contribution is -1.89. The lowest BCUT2D eigenvalue weighted by atomic mass is 10.0. The topological polar surface area (TPSA) is 29.5 Å². The Morgan fingerprint density at radius 2 is 1.82 bits per heavy atom. The molecule has 0 amide bonds. The minimum atomic E-state index is -0.383. The van der Waals surface area contributed by atoms with E-state index in [-0.39, 0.29) is 11.6 Å². The molecule has 2 aromatic carbocycles. The van der Waals surface area contributed by atoms with Crippen LogP contribution in [0.15, 0.2) is 36.4 Å². The molecule has 3 heteroatoms. The number of methoxy groups -OCH3 is 1. The van der Waals surface area contributed by atoms with E-state index < -0.39 is 0 Å². The maximum Gasteiger partial charge on any atom is 0.131 e. The molecule has 0 fully saturated rings. The predicted molar refractivity (Wildman–Crippen MR) is 64.8 cm³/mol. The Balaban J connectivity index is 2.62. The van der Waals surface area contributed by atoms with Gasteiger partial charge in [-0.25, -0.2) is 4.39 Å². The van der Waals surface area contributed by atoms with Crippen molar-refractivity contribution in [1.82, 2.24) is 0 Å². The number of rotatable bonds is 2.